The Morgan fingerprint density at radius 3 is 2.50 bits per heavy atom. The first-order chi connectivity index (χ1) is 9.29. The van der Waals surface area contributed by atoms with Crippen molar-refractivity contribution in [3.63, 3.8) is 0 Å². The summed E-state index contributed by atoms with van der Waals surface area (Å²) in [5.74, 6) is -1.01. The first kappa shape index (κ1) is 16.4. The number of hydrogen-bond acceptors (Lipinski definition) is 6. The minimum Gasteiger partial charge on any atom is -0.478 e. The van der Waals surface area contributed by atoms with E-state index in [1.54, 1.807) is 0 Å². The molecular weight excluding hydrogens is 286 g/mol. The largest absolute Gasteiger partial charge is 0.478 e. The summed E-state index contributed by atoms with van der Waals surface area (Å²) in [5, 5.41) is 39.6. The van der Waals surface area contributed by atoms with Crippen LogP contribution in [0.2, 0.25) is 0 Å². The lowest BCUT2D eigenvalue weighted by atomic mass is 9.96. The number of nitrogens with zero attached hydrogens (tertiary/aromatic N) is 1. The van der Waals surface area contributed by atoms with Crippen molar-refractivity contribution in [3.05, 3.63) is 38.9 Å². The van der Waals surface area contributed by atoms with E-state index in [1.807, 2.05) is 0 Å². The molecule has 0 radical (unpaired) electrons. The molecule has 0 aromatic heterocycles. The number of aliphatic hydroxyl groups excluding tert-OH is 2. The molecule has 1 aromatic rings. The van der Waals surface area contributed by atoms with Gasteiger partial charge >= 0.3 is 5.97 Å². The van der Waals surface area contributed by atoms with Crippen LogP contribution in [0.15, 0.2) is 12.1 Å². The van der Waals surface area contributed by atoms with Gasteiger partial charge in [0.05, 0.1) is 16.6 Å². The molecule has 1 aromatic carbocycles. The minimum atomic E-state index is -1.40. The number of thiol groups is 1. The van der Waals surface area contributed by atoms with Crippen LogP contribution in [0, 0.1) is 17.0 Å². The van der Waals surface area contributed by atoms with Gasteiger partial charge in [0.15, 0.2) is 0 Å². The Hall–Kier alpha value is -1.64. The third kappa shape index (κ3) is 3.47. The monoisotopic (exact) mass is 301 g/mol. The number of hydrogen-bond donors (Lipinski definition) is 4. The number of carbonyl (C=O) groups is 1. The highest BCUT2D eigenvalue weighted by Gasteiger charge is 2.25. The number of benzene rings is 1. The van der Waals surface area contributed by atoms with Crippen molar-refractivity contribution >= 4 is 24.3 Å². The average Bonchev–Trinajstić information content (AvgIpc) is 2.37. The van der Waals surface area contributed by atoms with Gasteiger partial charge in [0.2, 0.25) is 0 Å². The van der Waals surface area contributed by atoms with E-state index in [-0.39, 0.29) is 23.1 Å². The normalized spacial score (nSPS) is 13.8. The fourth-order valence-corrected chi connectivity index (χ4v) is 2.08. The Morgan fingerprint density at radius 1 is 1.45 bits per heavy atom. The maximum atomic E-state index is 11.1. The number of rotatable bonds is 6. The number of nitro benzene ring substituents is 1. The van der Waals surface area contributed by atoms with Gasteiger partial charge in [0.1, 0.15) is 6.10 Å². The summed E-state index contributed by atoms with van der Waals surface area (Å²) in [6.07, 6.45) is -2.40. The van der Waals surface area contributed by atoms with Gasteiger partial charge in [-0.05, 0) is 30.7 Å². The smallest absolute Gasteiger partial charge is 0.336 e. The topological polar surface area (TPSA) is 121 Å². The number of aromatic carboxylic acids is 1. The summed E-state index contributed by atoms with van der Waals surface area (Å²) in [4.78, 5) is 21.3. The number of carboxylic acids is 1. The molecule has 3 N–H and O–H groups in total. The molecule has 0 saturated carbocycles. The van der Waals surface area contributed by atoms with Gasteiger partial charge in [0, 0.05) is 11.6 Å². The lowest BCUT2D eigenvalue weighted by Gasteiger charge is -2.18. The van der Waals surface area contributed by atoms with Crippen LogP contribution < -0.4 is 0 Å². The zero-order valence-electron chi connectivity index (χ0n) is 10.7. The lowest BCUT2D eigenvalue weighted by Crippen LogP contribution is -2.19. The van der Waals surface area contributed by atoms with Gasteiger partial charge < -0.3 is 15.3 Å². The molecule has 0 aliphatic heterocycles. The summed E-state index contributed by atoms with van der Waals surface area (Å²) >= 11 is 3.92. The molecule has 1 rings (SSSR count). The van der Waals surface area contributed by atoms with Crippen LogP contribution in [0.5, 0.6) is 0 Å². The molecule has 110 valence electrons. The second-order valence-electron chi connectivity index (χ2n) is 4.30. The molecule has 0 bridgehead atoms. The Balaban J connectivity index is 3.34. The maximum absolute atomic E-state index is 11.1. The molecule has 8 heteroatoms. The van der Waals surface area contributed by atoms with Crippen LogP contribution in [-0.2, 0) is 0 Å². The highest BCUT2D eigenvalue weighted by molar-refractivity contribution is 7.80. The number of aliphatic hydroxyl groups is 2. The van der Waals surface area contributed by atoms with E-state index in [0.29, 0.717) is 5.75 Å². The third-order valence-corrected chi connectivity index (χ3v) is 3.22. The van der Waals surface area contributed by atoms with Crippen LogP contribution >= 0.6 is 12.6 Å². The fraction of sp³-hybridized carbons (Fsp3) is 0.417. The average molecular weight is 301 g/mol. The number of nitro groups is 1. The van der Waals surface area contributed by atoms with Gasteiger partial charge in [-0.25, -0.2) is 4.79 Å². The van der Waals surface area contributed by atoms with Crippen molar-refractivity contribution < 1.29 is 25.0 Å². The third-order valence-electron chi connectivity index (χ3n) is 2.96. The van der Waals surface area contributed by atoms with Crippen molar-refractivity contribution in [1.29, 1.82) is 0 Å². The summed E-state index contributed by atoms with van der Waals surface area (Å²) in [5.41, 5.74) is -0.681. The Morgan fingerprint density at radius 2 is 2.05 bits per heavy atom. The molecule has 0 saturated heterocycles. The van der Waals surface area contributed by atoms with Crippen LogP contribution in [-0.4, -0.2) is 38.1 Å². The molecule has 0 spiro atoms. The summed E-state index contributed by atoms with van der Waals surface area (Å²) < 4.78 is 0. The van der Waals surface area contributed by atoms with Gasteiger partial charge in [-0.3, -0.25) is 10.1 Å². The summed E-state index contributed by atoms with van der Waals surface area (Å²) in [6, 6.07) is 2.21. The van der Waals surface area contributed by atoms with E-state index in [2.05, 4.69) is 12.6 Å². The van der Waals surface area contributed by atoms with Crippen molar-refractivity contribution in [2.75, 3.05) is 5.75 Å². The minimum absolute atomic E-state index is 0.00198. The van der Waals surface area contributed by atoms with Gasteiger partial charge in [-0.2, -0.15) is 12.6 Å². The van der Waals surface area contributed by atoms with Gasteiger partial charge in [-0.1, -0.05) is 0 Å². The predicted octanol–water partition coefficient (Wildman–Crippen LogP) is 1.32. The summed E-state index contributed by atoms with van der Waals surface area (Å²) in [7, 11) is 0. The molecule has 2 unspecified atom stereocenters. The number of carboxylic acid groups (broad SMARTS) is 1. The molecule has 0 aliphatic rings. The van der Waals surface area contributed by atoms with Crippen molar-refractivity contribution in [2.45, 2.75) is 25.6 Å². The quantitative estimate of drug-likeness (QED) is 0.357. The van der Waals surface area contributed by atoms with E-state index < -0.39 is 28.8 Å². The van der Waals surface area contributed by atoms with Crippen LogP contribution in [0.25, 0.3) is 0 Å². The molecule has 20 heavy (non-hydrogen) atoms. The van der Waals surface area contributed by atoms with Gasteiger partial charge in [0.25, 0.3) is 5.69 Å². The summed E-state index contributed by atoms with van der Waals surface area (Å²) in [6.45, 7) is 1.32. The Labute approximate surface area is 120 Å². The SMILES string of the molecule is Cc1c(C(=O)O)cc(C(O)C(O)CCS)cc1[N+](=O)[O-]. The molecular formula is C12H15NO6S. The zero-order valence-corrected chi connectivity index (χ0v) is 11.6. The lowest BCUT2D eigenvalue weighted by molar-refractivity contribution is -0.385. The highest BCUT2D eigenvalue weighted by Crippen LogP contribution is 2.29. The van der Waals surface area contributed by atoms with Crippen molar-refractivity contribution in [2.24, 2.45) is 0 Å². The maximum Gasteiger partial charge on any atom is 0.336 e. The first-order valence-corrected chi connectivity index (χ1v) is 6.42. The molecule has 0 fully saturated rings. The first-order valence-electron chi connectivity index (χ1n) is 5.78. The van der Waals surface area contributed by atoms with Crippen molar-refractivity contribution in [1.82, 2.24) is 0 Å². The van der Waals surface area contributed by atoms with E-state index in [1.165, 1.54) is 6.92 Å². The van der Waals surface area contributed by atoms with E-state index in [0.717, 1.165) is 12.1 Å². The van der Waals surface area contributed by atoms with Crippen LogP contribution in [0.1, 0.15) is 34.0 Å². The standard InChI is InChI=1S/C12H15NO6S/c1-6-8(12(16)17)4-7(5-9(6)13(18)19)11(15)10(14)2-3-20/h4-5,10-11,14-15,20H,2-3H2,1H3,(H,16,17). The molecule has 2 atom stereocenters. The Kier molecular flexibility index (Phi) is 5.49. The van der Waals surface area contributed by atoms with E-state index in [4.69, 9.17) is 5.11 Å². The fourth-order valence-electron chi connectivity index (χ4n) is 1.82. The zero-order chi connectivity index (χ0) is 15.4. The second kappa shape index (κ2) is 6.69. The van der Waals surface area contributed by atoms with E-state index in [9.17, 15) is 25.1 Å². The molecule has 7 nitrogen and oxygen atoms in total. The molecule has 0 amide bonds. The molecule has 0 aliphatic carbocycles. The molecule has 0 heterocycles. The Bertz CT molecular complexity index is 498. The van der Waals surface area contributed by atoms with Crippen molar-refractivity contribution in [3.8, 4) is 0 Å². The van der Waals surface area contributed by atoms with Gasteiger partial charge in [-0.15, -0.1) is 0 Å². The van der Waals surface area contributed by atoms with Crippen LogP contribution in [0.3, 0.4) is 0 Å². The second-order valence-corrected chi connectivity index (χ2v) is 4.75. The van der Waals surface area contributed by atoms with E-state index >= 15 is 0 Å². The highest BCUT2D eigenvalue weighted by atomic mass is 32.1. The predicted molar refractivity (Wildman–Crippen MR) is 74.2 cm³/mol. The van der Waals surface area contributed by atoms with Crippen LogP contribution in [0.4, 0.5) is 5.69 Å².